The molecule has 2 aliphatic rings. The zero-order valence-electron chi connectivity index (χ0n) is 13.6. The molecule has 0 aliphatic carbocycles. The maximum atomic E-state index is 12.2. The number of benzene rings is 1. The summed E-state index contributed by atoms with van der Waals surface area (Å²) in [6.07, 6.45) is 3.55. The Kier molecular flexibility index (Phi) is 3.48. The lowest BCUT2D eigenvalue weighted by molar-refractivity contribution is 0.0522. The first-order valence-corrected chi connectivity index (χ1v) is 8.38. The van der Waals surface area contributed by atoms with E-state index in [0.717, 1.165) is 55.6 Å². The molecule has 126 valence electrons. The van der Waals surface area contributed by atoms with Crippen molar-refractivity contribution in [3.05, 3.63) is 33.2 Å². The number of fused-ring (bicyclic) bond motifs is 2. The van der Waals surface area contributed by atoms with Crippen molar-refractivity contribution in [3.63, 3.8) is 0 Å². The third kappa shape index (κ3) is 2.09. The van der Waals surface area contributed by atoms with Crippen LogP contribution in [0.1, 0.15) is 41.3 Å². The van der Waals surface area contributed by atoms with E-state index in [1.807, 2.05) is 0 Å². The molecule has 0 bridgehead atoms. The van der Waals surface area contributed by atoms with Crippen LogP contribution in [0.5, 0.6) is 5.75 Å². The molecule has 1 aromatic heterocycles. The number of esters is 1. The van der Waals surface area contributed by atoms with Gasteiger partial charge in [0.1, 0.15) is 16.9 Å². The Bertz CT molecular complexity index is 897. The number of nitrogens with zero attached hydrogens (tertiary/aromatic N) is 1. The van der Waals surface area contributed by atoms with Crippen LogP contribution in [-0.4, -0.2) is 30.8 Å². The highest BCUT2D eigenvalue weighted by Crippen LogP contribution is 2.45. The van der Waals surface area contributed by atoms with Gasteiger partial charge in [0.25, 0.3) is 0 Å². The van der Waals surface area contributed by atoms with Crippen LogP contribution >= 0.6 is 0 Å². The topological polar surface area (TPSA) is 80.0 Å². The molecule has 6 heteroatoms. The molecule has 0 amide bonds. The average molecular weight is 329 g/mol. The fourth-order valence-corrected chi connectivity index (χ4v) is 3.87. The summed E-state index contributed by atoms with van der Waals surface area (Å²) in [4.78, 5) is 26.4. The van der Waals surface area contributed by atoms with E-state index in [1.54, 1.807) is 6.92 Å². The number of hydrogen-bond donors (Lipinski definition) is 1. The van der Waals surface area contributed by atoms with Crippen LogP contribution in [0.3, 0.4) is 0 Å². The van der Waals surface area contributed by atoms with Crippen molar-refractivity contribution in [3.8, 4) is 5.75 Å². The Morgan fingerprint density at radius 2 is 2.00 bits per heavy atom. The molecule has 6 nitrogen and oxygen atoms in total. The lowest BCUT2D eigenvalue weighted by Gasteiger charge is -2.37. The SMILES string of the molecule is CCOC(=O)c1cc2c(O)c3c4c(c2oc1=O)CCCN4CCC3. The summed E-state index contributed by atoms with van der Waals surface area (Å²) < 4.78 is 10.4. The van der Waals surface area contributed by atoms with Crippen molar-refractivity contribution in [2.75, 3.05) is 24.6 Å². The first kappa shape index (κ1) is 15.1. The third-order valence-electron chi connectivity index (χ3n) is 4.86. The van der Waals surface area contributed by atoms with Gasteiger partial charge in [-0.25, -0.2) is 9.59 Å². The first-order chi connectivity index (χ1) is 11.6. The molecule has 2 aromatic rings. The van der Waals surface area contributed by atoms with Crippen molar-refractivity contribution in [2.24, 2.45) is 0 Å². The number of rotatable bonds is 2. The maximum Gasteiger partial charge on any atom is 0.351 e. The van der Waals surface area contributed by atoms with Gasteiger partial charge in [0.15, 0.2) is 0 Å². The molecule has 0 saturated heterocycles. The van der Waals surface area contributed by atoms with Crippen molar-refractivity contribution < 1.29 is 19.1 Å². The van der Waals surface area contributed by atoms with Gasteiger partial charge in [-0.1, -0.05) is 0 Å². The number of hydrogen-bond acceptors (Lipinski definition) is 6. The Hall–Kier alpha value is -2.50. The quantitative estimate of drug-likeness (QED) is 0.673. The lowest BCUT2D eigenvalue weighted by atomic mass is 9.89. The van der Waals surface area contributed by atoms with Crippen LogP contribution in [0.4, 0.5) is 5.69 Å². The summed E-state index contributed by atoms with van der Waals surface area (Å²) in [6.45, 7) is 3.76. The second kappa shape index (κ2) is 5.54. The Balaban J connectivity index is 2.02. The van der Waals surface area contributed by atoms with Crippen LogP contribution in [0, 0.1) is 0 Å². The number of phenols is 1. The standard InChI is InChI=1S/C18H19NO5/c1-2-23-17(21)13-9-12-15(20)10-5-3-7-19-8-4-6-11(14(10)19)16(12)24-18(13)22/h9,20H,2-8H2,1H3. The van der Waals surface area contributed by atoms with E-state index in [-0.39, 0.29) is 17.9 Å². The van der Waals surface area contributed by atoms with Gasteiger partial charge in [0, 0.05) is 24.2 Å². The highest BCUT2D eigenvalue weighted by molar-refractivity contribution is 5.98. The Morgan fingerprint density at radius 3 is 2.71 bits per heavy atom. The molecule has 4 rings (SSSR count). The summed E-state index contributed by atoms with van der Waals surface area (Å²) in [6, 6.07) is 1.42. The molecular formula is C18H19NO5. The summed E-state index contributed by atoms with van der Waals surface area (Å²) in [7, 11) is 0. The van der Waals surface area contributed by atoms with Crippen molar-refractivity contribution >= 4 is 22.6 Å². The number of anilines is 1. The highest BCUT2D eigenvalue weighted by Gasteiger charge is 2.31. The van der Waals surface area contributed by atoms with E-state index < -0.39 is 11.6 Å². The fourth-order valence-electron chi connectivity index (χ4n) is 3.87. The van der Waals surface area contributed by atoms with E-state index >= 15 is 0 Å². The zero-order chi connectivity index (χ0) is 16.8. The fraction of sp³-hybridized carbons (Fsp3) is 0.444. The molecule has 0 radical (unpaired) electrons. The van der Waals surface area contributed by atoms with Crippen molar-refractivity contribution in [1.82, 2.24) is 0 Å². The molecule has 0 fully saturated rings. The van der Waals surface area contributed by atoms with Gasteiger partial charge < -0.3 is 19.2 Å². The molecule has 24 heavy (non-hydrogen) atoms. The molecule has 1 aromatic carbocycles. The second-order valence-electron chi connectivity index (χ2n) is 6.26. The molecule has 0 atom stereocenters. The van der Waals surface area contributed by atoms with Gasteiger partial charge in [-0.05, 0) is 38.7 Å². The second-order valence-corrected chi connectivity index (χ2v) is 6.26. The monoisotopic (exact) mass is 329 g/mol. The smallest absolute Gasteiger partial charge is 0.351 e. The number of carbonyl (C=O) groups excluding carboxylic acids is 1. The average Bonchev–Trinajstić information content (AvgIpc) is 2.59. The predicted octanol–water partition coefficient (Wildman–Crippen LogP) is 2.37. The Labute approximate surface area is 138 Å². The lowest BCUT2D eigenvalue weighted by Crippen LogP contribution is -2.34. The summed E-state index contributed by atoms with van der Waals surface area (Å²) in [5.74, 6) is -0.606. The number of phenolic OH excluding ortho intramolecular Hbond substituents is 1. The number of ether oxygens (including phenoxy) is 1. The maximum absolute atomic E-state index is 12.2. The number of aromatic hydroxyl groups is 1. The van der Waals surface area contributed by atoms with Gasteiger partial charge in [0.2, 0.25) is 0 Å². The normalized spacial score (nSPS) is 16.1. The highest BCUT2D eigenvalue weighted by atomic mass is 16.5. The molecular weight excluding hydrogens is 310 g/mol. The number of aryl methyl sites for hydroxylation is 1. The van der Waals surface area contributed by atoms with Gasteiger partial charge in [-0.3, -0.25) is 0 Å². The minimum atomic E-state index is -0.722. The minimum absolute atomic E-state index is 0.115. The Morgan fingerprint density at radius 1 is 1.29 bits per heavy atom. The van der Waals surface area contributed by atoms with E-state index in [0.29, 0.717) is 11.0 Å². The minimum Gasteiger partial charge on any atom is -0.507 e. The van der Waals surface area contributed by atoms with Crippen LogP contribution in [0.2, 0.25) is 0 Å². The molecule has 0 spiro atoms. The van der Waals surface area contributed by atoms with Crippen LogP contribution in [0.15, 0.2) is 15.3 Å². The van der Waals surface area contributed by atoms with Gasteiger partial charge >= 0.3 is 11.6 Å². The molecule has 3 heterocycles. The number of carbonyl (C=O) groups is 1. The van der Waals surface area contributed by atoms with Gasteiger partial charge in [-0.2, -0.15) is 0 Å². The predicted molar refractivity (Wildman–Crippen MR) is 89.0 cm³/mol. The molecule has 0 saturated carbocycles. The van der Waals surface area contributed by atoms with Gasteiger partial charge in [-0.15, -0.1) is 0 Å². The largest absolute Gasteiger partial charge is 0.507 e. The van der Waals surface area contributed by atoms with Gasteiger partial charge in [0.05, 0.1) is 17.7 Å². The molecule has 2 aliphatic heterocycles. The van der Waals surface area contributed by atoms with Crippen molar-refractivity contribution in [2.45, 2.75) is 32.6 Å². The third-order valence-corrected chi connectivity index (χ3v) is 4.86. The summed E-state index contributed by atoms with van der Waals surface area (Å²) >= 11 is 0. The van der Waals surface area contributed by atoms with E-state index in [1.165, 1.54) is 6.07 Å². The van der Waals surface area contributed by atoms with Crippen LogP contribution in [0.25, 0.3) is 11.0 Å². The molecule has 1 N–H and O–H groups in total. The van der Waals surface area contributed by atoms with Crippen molar-refractivity contribution in [1.29, 1.82) is 0 Å². The first-order valence-electron chi connectivity index (χ1n) is 8.38. The van der Waals surface area contributed by atoms with E-state index in [9.17, 15) is 14.7 Å². The zero-order valence-corrected chi connectivity index (χ0v) is 13.6. The van der Waals surface area contributed by atoms with E-state index in [2.05, 4.69) is 4.90 Å². The summed E-state index contributed by atoms with van der Waals surface area (Å²) in [5, 5.41) is 11.2. The molecule has 0 unspecified atom stereocenters. The van der Waals surface area contributed by atoms with Crippen LogP contribution in [-0.2, 0) is 17.6 Å². The van der Waals surface area contributed by atoms with E-state index in [4.69, 9.17) is 9.15 Å². The van der Waals surface area contributed by atoms with Crippen LogP contribution < -0.4 is 10.5 Å². The summed E-state index contributed by atoms with van der Waals surface area (Å²) in [5.41, 5.74) is 2.39.